The van der Waals surface area contributed by atoms with E-state index in [1.54, 1.807) is 15.6 Å². The lowest BCUT2D eigenvalue weighted by Crippen LogP contribution is -2.30. The number of hydrogen-bond donors (Lipinski definition) is 1. The summed E-state index contributed by atoms with van der Waals surface area (Å²) in [5.74, 6) is 0.428. The van der Waals surface area contributed by atoms with Crippen LogP contribution in [0.5, 0.6) is 0 Å². The molecule has 4 nitrogen and oxygen atoms in total. The minimum Gasteiger partial charge on any atom is -0.309 e. The van der Waals surface area contributed by atoms with E-state index in [-0.39, 0.29) is 0 Å². The van der Waals surface area contributed by atoms with Crippen LogP contribution < -0.4 is 5.32 Å². The zero-order valence-corrected chi connectivity index (χ0v) is 13.4. The van der Waals surface area contributed by atoms with Gasteiger partial charge in [0.25, 0.3) is 0 Å². The van der Waals surface area contributed by atoms with E-state index in [0.717, 1.165) is 13.0 Å². The van der Waals surface area contributed by atoms with Gasteiger partial charge < -0.3 is 5.32 Å². The zero-order valence-electron chi connectivity index (χ0n) is 11.7. The molecule has 0 radical (unpaired) electrons. The van der Waals surface area contributed by atoms with Gasteiger partial charge in [-0.15, -0.1) is 11.3 Å². The molecule has 1 aromatic heterocycles. The highest BCUT2D eigenvalue weighted by Gasteiger charge is 2.28. The van der Waals surface area contributed by atoms with Crippen LogP contribution in [-0.4, -0.2) is 38.6 Å². The standard InChI is InChI=1S/C13H22N2O2S2/c1-10-5-7-18-13(10)11(2)14-8-12-4-6-15(9-12)19(3,16)17/h5,7,11-12,14H,4,6,8-9H2,1-3H3. The van der Waals surface area contributed by atoms with Crippen molar-refractivity contribution in [2.24, 2.45) is 5.92 Å². The molecule has 0 spiro atoms. The third kappa shape index (κ3) is 3.78. The van der Waals surface area contributed by atoms with Crippen molar-refractivity contribution in [2.75, 3.05) is 25.9 Å². The van der Waals surface area contributed by atoms with Gasteiger partial charge >= 0.3 is 0 Å². The molecule has 0 saturated carbocycles. The first-order chi connectivity index (χ1) is 8.88. The molecule has 1 aliphatic rings. The number of aryl methyl sites for hydroxylation is 1. The Labute approximate surface area is 119 Å². The second-order valence-corrected chi connectivity index (χ2v) is 8.30. The fourth-order valence-electron chi connectivity index (χ4n) is 2.53. The summed E-state index contributed by atoms with van der Waals surface area (Å²) in [7, 11) is -3.02. The molecule has 108 valence electrons. The van der Waals surface area contributed by atoms with Crippen LogP contribution in [0.3, 0.4) is 0 Å². The third-order valence-electron chi connectivity index (χ3n) is 3.73. The second-order valence-electron chi connectivity index (χ2n) is 5.37. The Morgan fingerprint density at radius 2 is 2.32 bits per heavy atom. The summed E-state index contributed by atoms with van der Waals surface area (Å²) in [6, 6.07) is 2.48. The van der Waals surface area contributed by atoms with Crippen molar-refractivity contribution in [1.82, 2.24) is 9.62 Å². The minimum absolute atomic E-state index is 0.340. The van der Waals surface area contributed by atoms with Crippen LogP contribution in [0, 0.1) is 12.8 Å². The van der Waals surface area contributed by atoms with Crippen molar-refractivity contribution >= 4 is 21.4 Å². The lowest BCUT2D eigenvalue weighted by molar-refractivity contribution is 0.434. The molecule has 2 heterocycles. The first kappa shape index (κ1) is 15.0. The van der Waals surface area contributed by atoms with Gasteiger partial charge in [-0.2, -0.15) is 0 Å². The summed E-state index contributed by atoms with van der Waals surface area (Å²) in [6.07, 6.45) is 2.25. The number of thiophene rings is 1. The summed E-state index contributed by atoms with van der Waals surface area (Å²) in [6.45, 7) is 6.50. The van der Waals surface area contributed by atoms with Crippen LogP contribution >= 0.6 is 11.3 Å². The Morgan fingerprint density at radius 3 is 2.84 bits per heavy atom. The Hall–Kier alpha value is -0.430. The summed E-state index contributed by atoms with van der Waals surface area (Å²) in [4.78, 5) is 1.37. The quantitative estimate of drug-likeness (QED) is 0.905. The molecule has 6 heteroatoms. The van der Waals surface area contributed by atoms with E-state index in [4.69, 9.17) is 0 Å². The van der Waals surface area contributed by atoms with Gasteiger partial charge in [-0.05, 0) is 49.7 Å². The third-order valence-corrected chi connectivity index (χ3v) is 6.20. The highest BCUT2D eigenvalue weighted by atomic mass is 32.2. The Bertz CT molecular complexity index is 525. The predicted octanol–water partition coefficient (Wildman–Crippen LogP) is 1.99. The monoisotopic (exact) mass is 302 g/mol. The van der Waals surface area contributed by atoms with Crippen LogP contribution in [0.4, 0.5) is 0 Å². The molecule has 0 bridgehead atoms. The predicted molar refractivity (Wildman–Crippen MR) is 80.0 cm³/mol. The Morgan fingerprint density at radius 1 is 1.58 bits per heavy atom. The summed E-state index contributed by atoms with van der Waals surface area (Å²) < 4.78 is 24.5. The molecule has 2 rings (SSSR count). The first-order valence-electron chi connectivity index (χ1n) is 6.60. The van der Waals surface area contributed by atoms with Crippen LogP contribution in [0.25, 0.3) is 0 Å². The molecule has 1 aliphatic heterocycles. The summed E-state index contributed by atoms with van der Waals surface area (Å²) >= 11 is 1.78. The molecule has 0 amide bonds. The maximum absolute atomic E-state index is 11.5. The molecule has 1 N–H and O–H groups in total. The molecule has 19 heavy (non-hydrogen) atoms. The Balaban J connectivity index is 1.83. The number of sulfonamides is 1. The number of nitrogens with zero attached hydrogens (tertiary/aromatic N) is 1. The molecular weight excluding hydrogens is 280 g/mol. The van der Waals surface area contributed by atoms with Crippen molar-refractivity contribution < 1.29 is 8.42 Å². The van der Waals surface area contributed by atoms with Crippen LogP contribution in [0.1, 0.15) is 29.8 Å². The SMILES string of the molecule is Cc1ccsc1C(C)NCC1CCN(S(C)(=O)=O)C1. The van der Waals surface area contributed by atoms with Crippen molar-refractivity contribution in [3.63, 3.8) is 0 Å². The minimum atomic E-state index is -3.02. The van der Waals surface area contributed by atoms with Gasteiger partial charge in [0.2, 0.25) is 10.0 Å². The van der Waals surface area contributed by atoms with Crippen molar-refractivity contribution in [3.05, 3.63) is 21.9 Å². The highest BCUT2D eigenvalue weighted by molar-refractivity contribution is 7.88. The van der Waals surface area contributed by atoms with E-state index in [1.165, 1.54) is 16.7 Å². The molecule has 1 aromatic rings. The maximum atomic E-state index is 11.5. The number of hydrogen-bond acceptors (Lipinski definition) is 4. The van der Waals surface area contributed by atoms with Gasteiger partial charge in [0.1, 0.15) is 0 Å². The van der Waals surface area contributed by atoms with Gasteiger partial charge in [0.05, 0.1) is 6.26 Å². The van der Waals surface area contributed by atoms with E-state index < -0.39 is 10.0 Å². The lowest BCUT2D eigenvalue weighted by atomic mass is 10.1. The van der Waals surface area contributed by atoms with Gasteiger partial charge in [-0.3, -0.25) is 0 Å². The van der Waals surface area contributed by atoms with E-state index in [9.17, 15) is 8.42 Å². The molecule has 0 aromatic carbocycles. The maximum Gasteiger partial charge on any atom is 0.211 e. The van der Waals surface area contributed by atoms with Gasteiger partial charge in [-0.25, -0.2) is 12.7 Å². The van der Waals surface area contributed by atoms with Crippen molar-refractivity contribution in [3.8, 4) is 0 Å². The fraction of sp³-hybridized carbons (Fsp3) is 0.692. The van der Waals surface area contributed by atoms with E-state index in [2.05, 4.69) is 30.6 Å². The number of rotatable bonds is 5. The summed E-state index contributed by atoms with van der Waals surface area (Å²) in [5.41, 5.74) is 1.33. The normalized spacial score (nSPS) is 22.8. The van der Waals surface area contributed by atoms with Crippen molar-refractivity contribution in [2.45, 2.75) is 26.3 Å². The van der Waals surface area contributed by atoms with Gasteiger partial charge in [0, 0.05) is 24.0 Å². The van der Waals surface area contributed by atoms with E-state index in [1.807, 2.05) is 0 Å². The second kappa shape index (κ2) is 5.91. The molecule has 2 unspecified atom stereocenters. The molecule has 0 aliphatic carbocycles. The Kier molecular flexibility index (Phi) is 4.66. The summed E-state index contributed by atoms with van der Waals surface area (Å²) in [5, 5.41) is 5.64. The van der Waals surface area contributed by atoms with Crippen LogP contribution in [-0.2, 0) is 10.0 Å². The van der Waals surface area contributed by atoms with Crippen LogP contribution in [0.2, 0.25) is 0 Å². The smallest absolute Gasteiger partial charge is 0.211 e. The zero-order chi connectivity index (χ0) is 14.0. The van der Waals surface area contributed by atoms with E-state index in [0.29, 0.717) is 25.0 Å². The molecule has 1 fully saturated rings. The first-order valence-corrected chi connectivity index (χ1v) is 9.33. The van der Waals surface area contributed by atoms with Crippen molar-refractivity contribution in [1.29, 1.82) is 0 Å². The molecular formula is C13H22N2O2S2. The fourth-order valence-corrected chi connectivity index (χ4v) is 4.41. The lowest BCUT2D eigenvalue weighted by Gasteiger charge is -2.17. The van der Waals surface area contributed by atoms with Crippen LogP contribution in [0.15, 0.2) is 11.4 Å². The number of nitrogens with one attached hydrogen (secondary N) is 1. The molecule has 2 atom stereocenters. The largest absolute Gasteiger partial charge is 0.309 e. The molecule has 1 saturated heterocycles. The average molecular weight is 302 g/mol. The van der Waals surface area contributed by atoms with Gasteiger partial charge in [0.15, 0.2) is 0 Å². The topological polar surface area (TPSA) is 49.4 Å². The van der Waals surface area contributed by atoms with Gasteiger partial charge in [-0.1, -0.05) is 0 Å². The highest BCUT2D eigenvalue weighted by Crippen LogP contribution is 2.24. The van der Waals surface area contributed by atoms with E-state index >= 15 is 0 Å². The average Bonchev–Trinajstić information content (AvgIpc) is 2.93.